The van der Waals surface area contributed by atoms with Gasteiger partial charge in [-0.05, 0) is 12.1 Å². The van der Waals surface area contributed by atoms with Gasteiger partial charge in [-0.1, -0.05) is 6.07 Å². The van der Waals surface area contributed by atoms with Crippen molar-refractivity contribution in [3.8, 4) is 17.1 Å². The predicted octanol–water partition coefficient (Wildman–Crippen LogP) is 1.38. The summed E-state index contributed by atoms with van der Waals surface area (Å²) >= 11 is 0. The molecule has 0 aliphatic carbocycles. The molecule has 9 nitrogen and oxygen atoms in total. The lowest BCUT2D eigenvalue weighted by atomic mass is 10.1. The van der Waals surface area contributed by atoms with Crippen LogP contribution in [0.25, 0.3) is 11.4 Å². The van der Waals surface area contributed by atoms with E-state index in [1.807, 2.05) is 18.2 Å². The first-order valence-corrected chi connectivity index (χ1v) is 7.46. The monoisotopic (exact) mass is 339 g/mol. The molecule has 0 bridgehead atoms. The molecule has 2 aromatic heterocycles. The molecular weight excluding hydrogens is 322 g/mol. The molecule has 0 saturated carbocycles. The number of ether oxygens (including phenoxy) is 1. The first kappa shape index (κ1) is 16.4. The van der Waals surface area contributed by atoms with Crippen LogP contribution in [0.1, 0.15) is 10.4 Å². The van der Waals surface area contributed by atoms with E-state index in [-0.39, 0.29) is 5.91 Å². The number of aryl methyl sites for hydroxylation is 1. The van der Waals surface area contributed by atoms with Gasteiger partial charge in [-0.2, -0.15) is 5.10 Å². The molecule has 0 saturated heterocycles. The van der Waals surface area contributed by atoms with E-state index < -0.39 is 0 Å². The summed E-state index contributed by atoms with van der Waals surface area (Å²) in [5, 5.41) is 9.99. The summed E-state index contributed by atoms with van der Waals surface area (Å²) in [5.74, 6) is 1.18. The van der Waals surface area contributed by atoms with E-state index in [0.29, 0.717) is 28.6 Å². The largest absolute Gasteiger partial charge is 0.494 e. The lowest BCUT2D eigenvalue weighted by molar-refractivity contribution is 0.0963. The van der Waals surface area contributed by atoms with Crippen molar-refractivity contribution >= 4 is 17.4 Å². The van der Waals surface area contributed by atoms with Gasteiger partial charge in [-0.25, -0.2) is 15.0 Å². The van der Waals surface area contributed by atoms with Gasteiger partial charge in [0, 0.05) is 20.3 Å². The van der Waals surface area contributed by atoms with Crippen LogP contribution >= 0.6 is 0 Å². The number of para-hydroxylation sites is 1. The van der Waals surface area contributed by atoms with Gasteiger partial charge in [0.05, 0.1) is 18.4 Å². The number of anilines is 2. The van der Waals surface area contributed by atoms with E-state index in [4.69, 9.17) is 4.74 Å². The number of carbonyl (C=O) groups is 1. The average molecular weight is 339 g/mol. The quantitative estimate of drug-likeness (QED) is 0.723. The van der Waals surface area contributed by atoms with Gasteiger partial charge in [-0.15, -0.1) is 0 Å². The highest BCUT2D eigenvalue weighted by atomic mass is 16.5. The number of nitrogens with one attached hydrogen (secondary N) is 2. The molecule has 0 fully saturated rings. The topological polar surface area (TPSA) is 107 Å². The molecule has 0 unspecified atom stereocenters. The molecule has 1 amide bonds. The molecular formula is C16H17N7O2. The minimum absolute atomic E-state index is 0.287. The van der Waals surface area contributed by atoms with Crippen molar-refractivity contribution in [2.24, 2.45) is 7.05 Å². The Kier molecular flexibility index (Phi) is 4.55. The lowest BCUT2D eigenvalue weighted by Gasteiger charge is -2.14. The second-order valence-corrected chi connectivity index (χ2v) is 5.12. The zero-order valence-corrected chi connectivity index (χ0v) is 14.0. The Balaban J connectivity index is 2.03. The SMILES string of the molecule is CNC(=O)c1cncnc1Nc1cccc(-c2ncn(C)n2)c1OC. The van der Waals surface area contributed by atoms with E-state index in [9.17, 15) is 4.79 Å². The summed E-state index contributed by atoms with van der Waals surface area (Å²) in [4.78, 5) is 24.3. The number of carbonyl (C=O) groups excluding carboxylic acids is 1. The summed E-state index contributed by atoms with van der Waals surface area (Å²) in [6, 6.07) is 5.53. The highest BCUT2D eigenvalue weighted by Crippen LogP contribution is 2.36. The maximum Gasteiger partial charge on any atom is 0.256 e. The second kappa shape index (κ2) is 6.95. The Labute approximate surface area is 144 Å². The van der Waals surface area contributed by atoms with Crippen molar-refractivity contribution in [1.29, 1.82) is 0 Å². The Morgan fingerprint density at radius 3 is 2.80 bits per heavy atom. The highest BCUT2D eigenvalue weighted by molar-refractivity contribution is 5.99. The first-order valence-electron chi connectivity index (χ1n) is 7.46. The van der Waals surface area contributed by atoms with Gasteiger partial charge in [0.25, 0.3) is 5.91 Å². The molecule has 0 aliphatic rings. The molecule has 2 heterocycles. The molecule has 0 atom stereocenters. The third-order valence-corrected chi connectivity index (χ3v) is 3.50. The molecule has 128 valence electrons. The molecule has 0 radical (unpaired) electrons. The van der Waals surface area contributed by atoms with E-state index in [1.165, 1.54) is 12.5 Å². The molecule has 3 aromatic rings. The van der Waals surface area contributed by atoms with Gasteiger partial charge in [-0.3, -0.25) is 9.48 Å². The van der Waals surface area contributed by atoms with Crippen LogP contribution in [0.4, 0.5) is 11.5 Å². The van der Waals surface area contributed by atoms with Crippen LogP contribution in [0.15, 0.2) is 37.1 Å². The molecule has 9 heteroatoms. The fraction of sp³-hybridized carbons (Fsp3) is 0.188. The smallest absolute Gasteiger partial charge is 0.256 e. The van der Waals surface area contributed by atoms with E-state index in [0.717, 1.165) is 5.56 Å². The molecule has 3 rings (SSSR count). The van der Waals surface area contributed by atoms with E-state index >= 15 is 0 Å². The van der Waals surface area contributed by atoms with Crippen molar-refractivity contribution in [3.63, 3.8) is 0 Å². The van der Waals surface area contributed by atoms with Crippen LogP contribution in [0.2, 0.25) is 0 Å². The van der Waals surface area contributed by atoms with Crippen LogP contribution in [-0.4, -0.2) is 44.8 Å². The zero-order valence-electron chi connectivity index (χ0n) is 14.0. The summed E-state index contributed by atoms with van der Waals surface area (Å²) in [6.07, 6.45) is 4.43. The maximum atomic E-state index is 12.0. The van der Waals surface area contributed by atoms with Crippen LogP contribution in [0.5, 0.6) is 5.75 Å². The average Bonchev–Trinajstić information content (AvgIpc) is 3.07. The number of methoxy groups -OCH3 is 1. The number of hydrogen-bond acceptors (Lipinski definition) is 7. The third kappa shape index (κ3) is 3.25. The van der Waals surface area contributed by atoms with Crippen molar-refractivity contribution < 1.29 is 9.53 Å². The first-order chi connectivity index (χ1) is 12.1. The Bertz CT molecular complexity index is 907. The minimum Gasteiger partial charge on any atom is -0.494 e. The van der Waals surface area contributed by atoms with Crippen molar-refractivity contribution in [2.75, 3.05) is 19.5 Å². The molecule has 1 aromatic carbocycles. The number of amides is 1. The summed E-state index contributed by atoms with van der Waals surface area (Å²) in [6.45, 7) is 0. The zero-order chi connectivity index (χ0) is 17.8. The van der Waals surface area contributed by atoms with Gasteiger partial charge in [0.15, 0.2) is 11.6 Å². The van der Waals surface area contributed by atoms with Gasteiger partial charge in [0.1, 0.15) is 24.0 Å². The summed E-state index contributed by atoms with van der Waals surface area (Å²) in [7, 11) is 4.90. The Morgan fingerprint density at radius 1 is 1.28 bits per heavy atom. The van der Waals surface area contributed by atoms with Gasteiger partial charge < -0.3 is 15.4 Å². The molecule has 25 heavy (non-hydrogen) atoms. The fourth-order valence-corrected chi connectivity index (χ4v) is 2.35. The van der Waals surface area contributed by atoms with Crippen LogP contribution in [-0.2, 0) is 7.05 Å². The molecule has 0 aliphatic heterocycles. The lowest BCUT2D eigenvalue weighted by Crippen LogP contribution is -2.20. The minimum atomic E-state index is -0.287. The number of rotatable bonds is 5. The van der Waals surface area contributed by atoms with Crippen LogP contribution < -0.4 is 15.4 Å². The highest BCUT2D eigenvalue weighted by Gasteiger charge is 2.17. The van der Waals surface area contributed by atoms with Crippen LogP contribution in [0.3, 0.4) is 0 Å². The number of hydrogen-bond donors (Lipinski definition) is 2. The normalized spacial score (nSPS) is 10.4. The maximum absolute atomic E-state index is 12.0. The van der Waals surface area contributed by atoms with Gasteiger partial charge in [0.2, 0.25) is 0 Å². The number of aromatic nitrogens is 5. The fourth-order valence-electron chi connectivity index (χ4n) is 2.35. The van der Waals surface area contributed by atoms with Crippen molar-refractivity contribution in [2.45, 2.75) is 0 Å². The number of benzene rings is 1. The van der Waals surface area contributed by atoms with Crippen molar-refractivity contribution in [3.05, 3.63) is 42.6 Å². The standard InChI is InChI=1S/C16H17N7O2/c1-17-16(24)11-7-18-8-19-14(11)21-12-6-4-5-10(13(12)25-3)15-20-9-23(2)22-15/h4-9H,1-3H3,(H,17,24)(H,18,19,21). The van der Waals surface area contributed by atoms with Crippen molar-refractivity contribution in [1.82, 2.24) is 30.0 Å². The van der Waals surface area contributed by atoms with E-state index in [1.54, 1.807) is 32.2 Å². The van der Waals surface area contributed by atoms with E-state index in [2.05, 4.69) is 30.7 Å². The Morgan fingerprint density at radius 2 is 2.12 bits per heavy atom. The molecule has 2 N–H and O–H groups in total. The number of nitrogens with zero attached hydrogens (tertiary/aromatic N) is 5. The molecule has 0 spiro atoms. The second-order valence-electron chi connectivity index (χ2n) is 5.12. The Hall–Kier alpha value is -3.49. The summed E-state index contributed by atoms with van der Waals surface area (Å²) in [5.41, 5.74) is 1.69. The van der Waals surface area contributed by atoms with Crippen LogP contribution in [0, 0.1) is 0 Å². The van der Waals surface area contributed by atoms with Gasteiger partial charge >= 0.3 is 0 Å². The third-order valence-electron chi connectivity index (χ3n) is 3.50. The summed E-state index contributed by atoms with van der Waals surface area (Å²) < 4.78 is 7.16. The predicted molar refractivity (Wildman–Crippen MR) is 91.7 cm³/mol.